The Labute approximate surface area is 159 Å². The van der Waals surface area contributed by atoms with Gasteiger partial charge in [-0.3, -0.25) is 14.2 Å². The van der Waals surface area contributed by atoms with Crippen molar-refractivity contribution in [1.82, 2.24) is 14.9 Å². The predicted octanol–water partition coefficient (Wildman–Crippen LogP) is 3.68. The van der Waals surface area contributed by atoms with Crippen molar-refractivity contribution in [3.8, 4) is 0 Å². The minimum absolute atomic E-state index is 0.211. The van der Waals surface area contributed by atoms with Gasteiger partial charge in [0.05, 0.1) is 17.4 Å². The van der Waals surface area contributed by atoms with Gasteiger partial charge in [-0.15, -0.1) is 6.58 Å². The van der Waals surface area contributed by atoms with Crippen molar-refractivity contribution in [1.29, 1.82) is 0 Å². The third kappa shape index (κ3) is 3.76. The van der Waals surface area contributed by atoms with E-state index < -0.39 is 0 Å². The number of halogens is 1. The fourth-order valence-corrected chi connectivity index (χ4v) is 2.96. The van der Waals surface area contributed by atoms with E-state index in [2.05, 4.69) is 16.9 Å². The zero-order valence-electron chi connectivity index (χ0n) is 13.8. The lowest BCUT2D eigenvalue weighted by atomic mass is 10.1. The summed E-state index contributed by atoms with van der Waals surface area (Å²) in [6.07, 6.45) is 1.60. The van der Waals surface area contributed by atoms with Gasteiger partial charge in [0.1, 0.15) is 0 Å². The maximum atomic E-state index is 12.8. The highest BCUT2D eigenvalue weighted by Crippen LogP contribution is 2.13. The summed E-state index contributed by atoms with van der Waals surface area (Å²) >= 11 is 11.2. The highest BCUT2D eigenvalue weighted by molar-refractivity contribution is 7.71. The fourth-order valence-electron chi connectivity index (χ4n) is 2.58. The number of rotatable bonds is 5. The molecule has 0 aliphatic rings. The molecule has 0 atom stereocenters. The van der Waals surface area contributed by atoms with E-state index in [-0.39, 0.29) is 11.5 Å². The van der Waals surface area contributed by atoms with Gasteiger partial charge in [-0.1, -0.05) is 29.8 Å². The second kappa shape index (κ2) is 7.68. The molecule has 2 aromatic carbocycles. The predicted molar refractivity (Wildman–Crippen MR) is 106 cm³/mol. The maximum Gasteiger partial charge on any atom is 0.262 e. The molecule has 0 unspecified atom stereocenters. The molecule has 1 heterocycles. The van der Waals surface area contributed by atoms with Gasteiger partial charge in [-0.25, -0.2) is 0 Å². The van der Waals surface area contributed by atoms with Crippen LogP contribution in [0.15, 0.2) is 59.9 Å². The number of fused-ring (bicyclic) bond motifs is 1. The third-order valence-electron chi connectivity index (χ3n) is 3.90. The lowest BCUT2D eigenvalue weighted by Gasteiger charge is -2.09. The average Bonchev–Trinajstić information content (AvgIpc) is 2.64. The van der Waals surface area contributed by atoms with Gasteiger partial charge in [-0.2, -0.15) is 0 Å². The minimum Gasteiger partial charge on any atom is -0.349 e. The summed E-state index contributed by atoms with van der Waals surface area (Å²) < 4.78 is 1.78. The number of benzene rings is 2. The molecule has 0 aliphatic carbocycles. The monoisotopic (exact) mass is 385 g/mol. The molecule has 3 aromatic rings. The van der Waals surface area contributed by atoms with Gasteiger partial charge < -0.3 is 10.3 Å². The molecule has 0 spiro atoms. The summed E-state index contributed by atoms with van der Waals surface area (Å²) in [5.41, 5.74) is 1.67. The van der Waals surface area contributed by atoms with Crippen LogP contribution in [0.4, 0.5) is 0 Å². The molecule has 1 amide bonds. The van der Waals surface area contributed by atoms with Crippen molar-refractivity contribution in [2.45, 2.75) is 6.54 Å². The number of nitrogens with one attached hydrogen (secondary N) is 2. The number of nitrogens with zero attached hydrogens (tertiary/aromatic N) is 1. The normalized spacial score (nSPS) is 10.7. The van der Waals surface area contributed by atoms with E-state index in [1.807, 2.05) is 12.1 Å². The van der Waals surface area contributed by atoms with Gasteiger partial charge >= 0.3 is 0 Å². The zero-order chi connectivity index (χ0) is 18.7. The summed E-state index contributed by atoms with van der Waals surface area (Å²) in [6.45, 7) is 4.27. The van der Waals surface area contributed by atoms with Gasteiger partial charge in [0.2, 0.25) is 0 Å². The Morgan fingerprint density at radius 1 is 1.27 bits per heavy atom. The van der Waals surface area contributed by atoms with E-state index in [1.165, 1.54) is 4.57 Å². The topological polar surface area (TPSA) is 66.9 Å². The first-order chi connectivity index (χ1) is 12.5. The number of aromatic nitrogens is 2. The molecular weight excluding hydrogens is 370 g/mol. The lowest BCUT2D eigenvalue weighted by molar-refractivity contribution is 0.0958. The summed E-state index contributed by atoms with van der Waals surface area (Å²) in [5, 5.41) is 3.80. The Kier molecular flexibility index (Phi) is 5.35. The quantitative estimate of drug-likeness (QED) is 0.520. The standard InChI is InChI=1S/C19H16ClN3O2S/c1-2-9-21-17(24)13-5-8-15-16(10-13)22-19(26)23(18(15)25)11-12-3-6-14(20)7-4-12/h2-8,10H,1,9,11H2,(H,21,24)(H,22,26). The van der Waals surface area contributed by atoms with Crippen molar-refractivity contribution in [2.75, 3.05) is 6.54 Å². The van der Waals surface area contributed by atoms with Crippen LogP contribution in [0.1, 0.15) is 15.9 Å². The summed E-state index contributed by atoms with van der Waals surface area (Å²) in [6, 6.07) is 12.1. The van der Waals surface area contributed by atoms with Crippen LogP contribution >= 0.6 is 23.8 Å². The zero-order valence-corrected chi connectivity index (χ0v) is 15.4. The first-order valence-corrected chi connectivity index (χ1v) is 8.68. The van der Waals surface area contributed by atoms with Crippen LogP contribution < -0.4 is 10.9 Å². The van der Waals surface area contributed by atoms with E-state index in [9.17, 15) is 9.59 Å². The molecule has 0 saturated carbocycles. The molecule has 0 radical (unpaired) electrons. The molecule has 1 aromatic heterocycles. The number of hydrogen-bond acceptors (Lipinski definition) is 3. The van der Waals surface area contributed by atoms with Crippen LogP contribution in [-0.4, -0.2) is 22.0 Å². The summed E-state index contributed by atoms with van der Waals surface area (Å²) in [5.74, 6) is -0.239. The number of hydrogen-bond donors (Lipinski definition) is 2. The second-order valence-electron chi connectivity index (χ2n) is 5.71. The number of amides is 1. The van der Waals surface area contributed by atoms with E-state index in [1.54, 1.807) is 36.4 Å². The molecule has 0 saturated heterocycles. The minimum atomic E-state index is -0.239. The van der Waals surface area contributed by atoms with Crippen LogP contribution in [0.25, 0.3) is 10.9 Å². The van der Waals surface area contributed by atoms with Gasteiger partial charge in [0.25, 0.3) is 11.5 Å². The van der Waals surface area contributed by atoms with Crippen molar-refractivity contribution < 1.29 is 4.79 Å². The molecule has 5 nitrogen and oxygen atoms in total. The SMILES string of the molecule is C=CCNC(=O)c1ccc2c(=O)n(Cc3ccc(Cl)cc3)c(=S)[nH]c2c1. The van der Waals surface area contributed by atoms with Crippen LogP contribution in [0.3, 0.4) is 0 Å². The van der Waals surface area contributed by atoms with Crippen molar-refractivity contribution in [3.05, 3.63) is 86.4 Å². The van der Waals surface area contributed by atoms with Crippen molar-refractivity contribution in [2.24, 2.45) is 0 Å². The molecule has 2 N–H and O–H groups in total. The molecule has 7 heteroatoms. The Morgan fingerprint density at radius 2 is 2.00 bits per heavy atom. The highest BCUT2D eigenvalue weighted by atomic mass is 35.5. The molecule has 26 heavy (non-hydrogen) atoms. The highest BCUT2D eigenvalue weighted by Gasteiger charge is 2.10. The number of carbonyl (C=O) groups excluding carboxylic acids is 1. The smallest absolute Gasteiger partial charge is 0.262 e. The number of aromatic amines is 1. The average molecular weight is 386 g/mol. The van der Waals surface area contributed by atoms with Gasteiger partial charge in [0, 0.05) is 17.1 Å². The van der Waals surface area contributed by atoms with Gasteiger partial charge in [-0.05, 0) is 48.1 Å². The Hall–Kier alpha value is -2.70. The molecule has 3 rings (SSSR count). The second-order valence-corrected chi connectivity index (χ2v) is 6.53. The van der Waals surface area contributed by atoms with E-state index in [0.29, 0.717) is 39.3 Å². The van der Waals surface area contributed by atoms with E-state index in [4.69, 9.17) is 23.8 Å². The first kappa shape index (κ1) is 18.1. The van der Waals surface area contributed by atoms with Crippen molar-refractivity contribution in [3.63, 3.8) is 0 Å². The molecule has 0 bridgehead atoms. The summed E-state index contributed by atoms with van der Waals surface area (Å²) in [7, 11) is 0. The van der Waals surface area contributed by atoms with Crippen molar-refractivity contribution >= 4 is 40.6 Å². The molecule has 0 fully saturated rings. The summed E-state index contributed by atoms with van der Waals surface area (Å²) in [4.78, 5) is 27.9. The largest absolute Gasteiger partial charge is 0.349 e. The van der Waals surface area contributed by atoms with Crippen LogP contribution in [0.2, 0.25) is 5.02 Å². The van der Waals surface area contributed by atoms with Crippen LogP contribution in [0.5, 0.6) is 0 Å². The molecule has 0 aliphatic heterocycles. The number of H-pyrrole nitrogens is 1. The molecular formula is C19H16ClN3O2S. The Morgan fingerprint density at radius 3 is 2.69 bits per heavy atom. The fraction of sp³-hybridized carbons (Fsp3) is 0.105. The Balaban J connectivity index is 2.01. The van der Waals surface area contributed by atoms with Gasteiger partial charge in [0.15, 0.2) is 4.77 Å². The molecule has 132 valence electrons. The number of carbonyl (C=O) groups is 1. The maximum absolute atomic E-state index is 12.8. The Bertz CT molecular complexity index is 1100. The lowest BCUT2D eigenvalue weighted by Crippen LogP contribution is -2.25. The van der Waals surface area contributed by atoms with Crippen LogP contribution in [-0.2, 0) is 6.54 Å². The third-order valence-corrected chi connectivity index (χ3v) is 4.48. The van der Waals surface area contributed by atoms with E-state index >= 15 is 0 Å². The van der Waals surface area contributed by atoms with Crippen LogP contribution in [0, 0.1) is 4.77 Å². The van der Waals surface area contributed by atoms with E-state index in [0.717, 1.165) is 5.56 Å². The first-order valence-electron chi connectivity index (χ1n) is 7.90.